The number of nitrogens with zero attached hydrogens (tertiary/aromatic N) is 1. The zero-order valence-corrected chi connectivity index (χ0v) is 19.3. The van der Waals surface area contributed by atoms with Crippen molar-refractivity contribution >= 4 is 27.1 Å². The van der Waals surface area contributed by atoms with Crippen LogP contribution < -0.4 is 24.3 Å². The van der Waals surface area contributed by atoms with Gasteiger partial charge in [-0.1, -0.05) is 12.1 Å². The molecule has 0 atom stereocenters. The minimum atomic E-state index is -4.03. The fourth-order valence-corrected chi connectivity index (χ4v) is 5.58. The van der Waals surface area contributed by atoms with Crippen LogP contribution >= 0.6 is 11.3 Å². The van der Waals surface area contributed by atoms with E-state index in [0.29, 0.717) is 42.8 Å². The zero-order chi connectivity index (χ0) is 23.1. The average molecular weight is 499 g/mol. The van der Waals surface area contributed by atoms with Crippen molar-refractivity contribution < 1.29 is 31.8 Å². The number of aromatic nitrogens is 1. The summed E-state index contributed by atoms with van der Waals surface area (Å²) in [5.74, 6) is 2.47. The third-order valence-electron chi connectivity index (χ3n) is 5.30. The van der Waals surface area contributed by atoms with Crippen LogP contribution in [0.5, 0.6) is 23.0 Å². The molecule has 2 aromatic heterocycles. The van der Waals surface area contributed by atoms with Gasteiger partial charge in [0.15, 0.2) is 23.0 Å². The third-order valence-corrected chi connectivity index (χ3v) is 7.81. The normalized spacial score (nSPS) is 14.2. The summed E-state index contributed by atoms with van der Waals surface area (Å²) in [5.41, 5.74) is 0.862. The van der Waals surface area contributed by atoms with Crippen molar-refractivity contribution in [3.8, 4) is 33.8 Å². The first kappa shape index (κ1) is 20.9. The summed E-state index contributed by atoms with van der Waals surface area (Å²) in [6.45, 7) is 1.24. The van der Waals surface area contributed by atoms with Crippen LogP contribution in [0.2, 0.25) is 0 Å². The second-order valence-corrected chi connectivity index (χ2v) is 10.3. The van der Waals surface area contributed by atoms with E-state index in [4.69, 9.17) is 23.4 Å². The van der Waals surface area contributed by atoms with Crippen molar-refractivity contribution in [2.45, 2.75) is 16.5 Å². The quantitative estimate of drug-likeness (QED) is 0.415. The average Bonchev–Trinajstić information content (AvgIpc) is 3.62. The molecule has 1 N–H and O–H groups in total. The van der Waals surface area contributed by atoms with Gasteiger partial charge in [0.25, 0.3) is 0 Å². The Morgan fingerprint density at radius 2 is 1.68 bits per heavy atom. The Balaban J connectivity index is 1.36. The number of oxazole rings is 1. The molecule has 2 aliphatic heterocycles. The van der Waals surface area contributed by atoms with E-state index in [9.17, 15) is 8.42 Å². The van der Waals surface area contributed by atoms with E-state index < -0.39 is 9.84 Å². The fourth-order valence-electron chi connectivity index (χ4n) is 3.64. The third kappa shape index (κ3) is 3.72. The first-order valence-corrected chi connectivity index (χ1v) is 12.8. The van der Waals surface area contributed by atoms with Crippen LogP contribution in [0.4, 0.5) is 5.88 Å². The van der Waals surface area contributed by atoms with Crippen LogP contribution in [-0.2, 0) is 16.4 Å². The van der Waals surface area contributed by atoms with E-state index >= 15 is 0 Å². The van der Waals surface area contributed by atoms with E-state index in [2.05, 4.69) is 10.3 Å². The van der Waals surface area contributed by atoms with E-state index in [1.165, 1.54) is 23.5 Å². The van der Waals surface area contributed by atoms with Crippen LogP contribution in [0.1, 0.15) is 5.56 Å². The largest absolute Gasteiger partial charge is 0.486 e. The van der Waals surface area contributed by atoms with Gasteiger partial charge in [-0.2, -0.15) is 4.98 Å². The number of benzene rings is 2. The summed E-state index contributed by atoms with van der Waals surface area (Å²) in [5, 5.41) is 4.75. The van der Waals surface area contributed by atoms with Gasteiger partial charge in [0.1, 0.15) is 13.2 Å². The maximum atomic E-state index is 13.6. The first-order chi connectivity index (χ1) is 16.6. The van der Waals surface area contributed by atoms with Crippen LogP contribution in [0.15, 0.2) is 68.2 Å². The van der Waals surface area contributed by atoms with Gasteiger partial charge in [0, 0.05) is 12.6 Å². The van der Waals surface area contributed by atoms with Crippen molar-refractivity contribution in [3.05, 3.63) is 59.5 Å². The van der Waals surface area contributed by atoms with Gasteiger partial charge in [-0.3, -0.25) is 0 Å². The number of hydrogen-bond donors (Lipinski definition) is 1. The van der Waals surface area contributed by atoms with Crippen molar-refractivity contribution in [1.29, 1.82) is 0 Å². The SMILES string of the molecule is O=S(=O)(c1ccc2c(c1)OCCO2)c1nc(-c2cccs2)oc1NCc1ccc2c(c1)OCO2. The molecule has 2 aliphatic rings. The van der Waals surface area contributed by atoms with E-state index in [1.54, 1.807) is 6.07 Å². The lowest BCUT2D eigenvalue weighted by Crippen LogP contribution is -2.16. The molecule has 0 aliphatic carbocycles. The van der Waals surface area contributed by atoms with Crippen LogP contribution in [-0.4, -0.2) is 33.4 Å². The fraction of sp³-hybridized carbons (Fsp3) is 0.174. The molecule has 2 aromatic carbocycles. The molecule has 0 bridgehead atoms. The predicted molar refractivity (Wildman–Crippen MR) is 123 cm³/mol. The van der Waals surface area contributed by atoms with Gasteiger partial charge in [-0.25, -0.2) is 8.42 Å². The molecular formula is C23H18N2O7S2. The lowest BCUT2D eigenvalue weighted by atomic mass is 10.2. The van der Waals surface area contributed by atoms with Crippen molar-refractivity contribution in [1.82, 2.24) is 4.98 Å². The zero-order valence-electron chi connectivity index (χ0n) is 17.6. The molecule has 9 nitrogen and oxygen atoms in total. The molecule has 0 spiro atoms. The van der Waals surface area contributed by atoms with Crippen molar-refractivity contribution in [2.24, 2.45) is 0 Å². The van der Waals surface area contributed by atoms with Crippen molar-refractivity contribution in [3.63, 3.8) is 0 Å². The van der Waals surface area contributed by atoms with Crippen LogP contribution in [0.25, 0.3) is 10.8 Å². The van der Waals surface area contributed by atoms with Gasteiger partial charge in [0.2, 0.25) is 33.4 Å². The Morgan fingerprint density at radius 1 is 0.912 bits per heavy atom. The number of sulfone groups is 1. The highest BCUT2D eigenvalue weighted by atomic mass is 32.2. The first-order valence-electron chi connectivity index (χ1n) is 10.4. The van der Waals surface area contributed by atoms with E-state index in [-0.39, 0.29) is 28.5 Å². The highest BCUT2D eigenvalue weighted by Crippen LogP contribution is 2.38. The highest BCUT2D eigenvalue weighted by molar-refractivity contribution is 7.91. The standard InChI is InChI=1S/C23H18N2O7S2/c26-34(27,15-4-6-16-19(11-15)29-8-7-28-16)23-22(32-21(25-23)20-2-1-9-33-20)24-12-14-3-5-17-18(10-14)31-13-30-17/h1-6,9-11,24H,7-8,12-13H2. The minimum Gasteiger partial charge on any atom is -0.486 e. The maximum Gasteiger partial charge on any atom is 0.240 e. The molecule has 0 amide bonds. The summed E-state index contributed by atoms with van der Waals surface area (Å²) in [7, 11) is -4.03. The molecule has 34 heavy (non-hydrogen) atoms. The van der Waals surface area contributed by atoms with Gasteiger partial charge in [0.05, 0.1) is 9.77 Å². The Morgan fingerprint density at radius 3 is 2.53 bits per heavy atom. The number of rotatable bonds is 6. The Hall–Kier alpha value is -3.70. The molecule has 4 heterocycles. The molecule has 174 valence electrons. The van der Waals surface area contributed by atoms with Crippen LogP contribution in [0, 0.1) is 0 Å². The van der Waals surface area contributed by atoms with Gasteiger partial charge >= 0.3 is 0 Å². The molecule has 0 saturated carbocycles. The molecule has 0 unspecified atom stereocenters. The predicted octanol–water partition coefficient (Wildman–Crippen LogP) is 4.35. The van der Waals surface area contributed by atoms with Gasteiger partial charge < -0.3 is 28.7 Å². The van der Waals surface area contributed by atoms with Crippen LogP contribution in [0.3, 0.4) is 0 Å². The van der Waals surface area contributed by atoms with Crippen molar-refractivity contribution in [2.75, 3.05) is 25.3 Å². The number of nitrogens with one attached hydrogen (secondary N) is 1. The Labute approximate surface area is 198 Å². The minimum absolute atomic E-state index is 0.0360. The lowest BCUT2D eigenvalue weighted by Gasteiger charge is -2.18. The Kier molecular flexibility index (Phi) is 5.07. The Bertz CT molecular complexity index is 1460. The molecule has 11 heteroatoms. The molecule has 6 rings (SSSR count). The molecule has 4 aromatic rings. The molecule has 0 radical (unpaired) electrons. The number of anilines is 1. The number of hydrogen-bond acceptors (Lipinski definition) is 10. The summed E-state index contributed by atoms with van der Waals surface area (Å²) in [6.07, 6.45) is 0. The monoisotopic (exact) mass is 498 g/mol. The second-order valence-electron chi connectivity index (χ2n) is 7.48. The maximum absolute atomic E-state index is 13.6. The molecular weight excluding hydrogens is 480 g/mol. The molecule has 0 saturated heterocycles. The number of fused-ring (bicyclic) bond motifs is 2. The second kappa shape index (κ2) is 8.26. The van der Waals surface area contributed by atoms with E-state index in [1.807, 2.05) is 35.7 Å². The number of ether oxygens (including phenoxy) is 4. The van der Waals surface area contributed by atoms with Gasteiger partial charge in [-0.05, 0) is 41.3 Å². The summed E-state index contributed by atoms with van der Waals surface area (Å²) >= 11 is 1.41. The smallest absolute Gasteiger partial charge is 0.240 e. The van der Waals surface area contributed by atoms with Gasteiger partial charge in [-0.15, -0.1) is 11.3 Å². The topological polar surface area (TPSA) is 109 Å². The summed E-state index contributed by atoms with van der Waals surface area (Å²) in [4.78, 5) is 5.11. The highest BCUT2D eigenvalue weighted by Gasteiger charge is 2.30. The lowest BCUT2D eigenvalue weighted by molar-refractivity contribution is 0.171. The summed E-state index contributed by atoms with van der Waals surface area (Å²) < 4.78 is 54.9. The number of thiophene rings is 1. The van der Waals surface area contributed by atoms with E-state index in [0.717, 1.165) is 10.4 Å². The molecule has 0 fully saturated rings. The summed E-state index contributed by atoms with van der Waals surface area (Å²) in [6, 6.07) is 13.7.